The summed E-state index contributed by atoms with van der Waals surface area (Å²) in [6.45, 7) is 7.48. The molecule has 2 fully saturated rings. The number of ether oxygens (including phenoxy) is 4. The number of aliphatic hydroxyl groups excluding tert-OH is 4. The van der Waals surface area contributed by atoms with E-state index in [4.69, 9.17) is 59.8 Å². The zero-order chi connectivity index (χ0) is 38.5. The van der Waals surface area contributed by atoms with Crippen molar-refractivity contribution in [2.75, 3.05) is 53.0 Å². The van der Waals surface area contributed by atoms with Crippen molar-refractivity contribution < 1.29 is 83.8 Å². The third-order valence-electron chi connectivity index (χ3n) is 9.85. The summed E-state index contributed by atoms with van der Waals surface area (Å²) in [5.41, 5.74) is 2.54. The lowest BCUT2D eigenvalue weighted by atomic mass is 9.53. The Hall–Kier alpha value is -4.37. The van der Waals surface area contributed by atoms with Gasteiger partial charge >= 0.3 is 29.8 Å². The van der Waals surface area contributed by atoms with E-state index in [-0.39, 0.29) is 17.5 Å². The Morgan fingerprint density at radius 1 is 0.885 bits per heavy atom. The number of carbonyl (C=O) groups is 5. The number of aliphatic carboxylic acids is 4. The maximum Gasteiger partial charge on any atom is 0.335 e. The van der Waals surface area contributed by atoms with E-state index in [0.717, 1.165) is 70.2 Å². The van der Waals surface area contributed by atoms with E-state index in [0.29, 0.717) is 24.3 Å². The first-order valence-electron chi connectivity index (χ1n) is 16.5. The van der Waals surface area contributed by atoms with Gasteiger partial charge in [0, 0.05) is 43.6 Å². The number of rotatable bonds is 11. The van der Waals surface area contributed by atoms with Crippen LogP contribution in [0.4, 0.5) is 0 Å². The second-order valence-electron chi connectivity index (χ2n) is 12.9. The van der Waals surface area contributed by atoms with Gasteiger partial charge in [-0.3, -0.25) is 9.69 Å². The minimum atomic E-state index is -2.27. The number of likely N-dealkylation sites (N-methyl/N-ethyl adjacent to an activating group) is 1. The Balaban J connectivity index is 0.000000251. The molecule has 6 rings (SSSR count). The first kappa shape index (κ1) is 40.4. The highest BCUT2D eigenvalue weighted by Gasteiger charge is 2.64. The van der Waals surface area contributed by atoms with Crippen LogP contribution in [0.1, 0.15) is 30.9 Å². The Kier molecular flexibility index (Phi) is 13.2. The van der Waals surface area contributed by atoms with Gasteiger partial charge < -0.3 is 64.7 Å². The standard InChI is InChI=1S/C25H32N2O5.2C4H6O6/c1-16(28)31-21-6-4-18-19-15-17-3-5-20(30-14-11-27-9-12-29-13-10-27)23-22(17)25(18,24(21)32-23)7-8-26(19)2;2*5-1(3(7)8)2(6)4(9)10/h3,5-6,18-19,24H,4,7-15H2,1-2H3;2*1-2,5-6H,(H,7,8)(H,9,10)/t18-,19+,24-,25-;2*1-,2-/m011/s1. The lowest BCUT2D eigenvalue weighted by Gasteiger charge is -2.56. The van der Waals surface area contributed by atoms with E-state index in [1.807, 2.05) is 0 Å². The summed E-state index contributed by atoms with van der Waals surface area (Å²) in [7, 11) is 2.24. The Morgan fingerprint density at radius 2 is 1.44 bits per heavy atom. The van der Waals surface area contributed by atoms with Crippen LogP contribution >= 0.6 is 0 Å². The van der Waals surface area contributed by atoms with Gasteiger partial charge in [0.25, 0.3) is 0 Å². The molecule has 1 aromatic rings. The van der Waals surface area contributed by atoms with Gasteiger partial charge in [-0.1, -0.05) is 6.07 Å². The fourth-order valence-electron chi connectivity index (χ4n) is 7.33. The minimum absolute atomic E-state index is 0.136. The van der Waals surface area contributed by atoms with Gasteiger partial charge in [-0.2, -0.15) is 0 Å². The van der Waals surface area contributed by atoms with E-state index in [1.54, 1.807) is 0 Å². The van der Waals surface area contributed by atoms with E-state index in [2.05, 4.69) is 35.1 Å². The summed E-state index contributed by atoms with van der Waals surface area (Å²) in [5.74, 6) is -4.52. The summed E-state index contributed by atoms with van der Waals surface area (Å²) in [5, 5.41) is 65.1. The van der Waals surface area contributed by atoms with Crippen LogP contribution in [0, 0.1) is 5.92 Å². The normalized spacial score (nSPS) is 26.5. The van der Waals surface area contributed by atoms with Gasteiger partial charge in [0.15, 0.2) is 42.0 Å². The van der Waals surface area contributed by atoms with Crippen molar-refractivity contribution in [3.63, 3.8) is 0 Å². The van der Waals surface area contributed by atoms with Gasteiger partial charge in [0.1, 0.15) is 12.4 Å². The van der Waals surface area contributed by atoms with Crippen LogP contribution in [0.5, 0.6) is 11.5 Å². The molecule has 0 saturated carbocycles. The van der Waals surface area contributed by atoms with Gasteiger partial charge in [-0.25, -0.2) is 19.2 Å². The number of allylic oxidation sites excluding steroid dienone is 1. The third kappa shape index (κ3) is 8.46. The fraction of sp³-hybridized carbons (Fsp3) is 0.606. The molecule has 2 saturated heterocycles. The lowest BCUT2D eigenvalue weighted by Crippen LogP contribution is -2.63. The molecule has 5 aliphatic rings. The average Bonchev–Trinajstić information content (AvgIpc) is 3.46. The van der Waals surface area contributed by atoms with Crippen LogP contribution in [-0.4, -0.2) is 170 Å². The van der Waals surface area contributed by atoms with Crippen LogP contribution in [0.25, 0.3) is 0 Å². The molecule has 1 aromatic carbocycles. The van der Waals surface area contributed by atoms with E-state index < -0.39 is 48.3 Å². The summed E-state index contributed by atoms with van der Waals surface area (Å²) in [4.78, 5) is 55.8. The zero-order valence-electron chi connectivity index (χ0n) is 28.5. The summed E-state index contributed by atoms with van der Waals surface area (Å²) >= 11 is 0. The second-order valence-corrected chi connectivity index (χ2v) is 12.9. The summed E-state index contributed by atoms with van der Waals surface area (Å²) in [6, 6.07) is 4.80. The van der Waals surface area contributed by atoms with Crippen LogP contribution in [0.15, 0.2) is 24.0 Å². The monoisotopic (exact) mass is 740 g/mol. The zero-order valence-corrected chi connectivity index (χ0v) is 28.5. The van der Waals surface area contributed by atoms with Crippen molar-refractivity contribution in [3.8, 4) is 11.5 Å². The number of esters is 1. The van der Waals surface area contributed by atoms with Crippen LogP contribution in [-0.2, 0) is 45.3 Å². The van der Waals surface area contributed by atoms with Crippen molar-refractivity contribution in [1.29, 1.82) is 0 Å². The van der Waals surface area contributed by atoms with Gasteiger partial charge in [0.2, 0.25) is 0 Å². The van der Waals surface area contributed by atoms with Crippen LogP contribution in [0.2, 0.25) is 0 Å². The third-order valence-corrected chi connectivity index (χ3v) is 9.85. The molecule has 0 amide bonds. The quantitative estimate of drug-likeness (QED) is 0.113. The van der Waals surface area contributed by atoms with Crippen LogP contribution in [0.3, 0.4) is 0 Å². The molecule has 52 heavy (non-hydrogen) atoms. The topological polar surface area (TPSA) is 291 Å². The number of morpholine rings is 1. The number of aliphatic hydroxyl groups is 4. The Labute approximate surface area is 297 Å². The second kappa shape index (κ2) is 17.0. The number of nitrogens with zero attached hydrogens (tertiary/aromatic N) is 2. The first-order chi connectivity index (χ1) is 24.5. The van der Waals surface area contributed by atoms with Crippen molar-refractivity contribution in [2.45, 2.75) is 68.2 Å². The Bertz CT molecular complexity index is 1470. The van der Waals surface area contributed by atoms with E-state index in [1.165, 1.54) is 18.1 Å². The first-order valence-corrected chi connectivity index (χ1v) is 16.5. The highest BCUT2D eigenvalue weighted by Crippen LogP contribution is 2.63. The number of likely N-dealkylation sites (tertiary alicyclic amines) is 1. The predicted molar refractivity (Wildman–Crippen MR) is 173 cm³/mol. The number of hydrogen-bond acceptors (Lipinski definition) is 15. The fourth-order valence-corrected chi connectivity index (χ4v) is 7.33. The molecule has 3 heterocycles. The average molecular weight is 741 g/mol. The number of carbonyl (C=O) groups excluding carboxylic acids is 1. The number of carboxylic acid groups (broad SMARTS) is 4. The lowest BCUT2D eigenvalue weighted by molar-refractivity contribution is -0.165. The molecule has 0 unspecified atom stereocenters. The van der Waals surface area contributed by atoms with E-state index in [9.17, 15) is 24.0 Å². The number of piperidine rings is 1. The van der Waals surface area contributed by atoms with Crippen LogP contribution < -0.4 is 9.47 Å². The van der Waals surface area contributed by atoms with Gasteiger partial charge in [-0.15, -0.1) is 0 Å². The molecule has 288 valence electrons. The molecule has 19 heteroatoms. The van der Waals surface area contributed by atoms with E-state index >= 15 is 0 Å². The maximum absolute atomic E-state index is 11.9. The molecule has 0 aromatic heterocycles. The van der Waals surface area contributed by atoms with Crippen molar-refractivity contribution in [3.05, 3.63) is 35.1 Å². The van der Waals surface area contributed by atoms with Crippen molar-refractivity contribution in [1.82, 2.24) is 9.80 Å². The molecule has 8 N–H and O–H groups in total. The summed E-state index contributed by atoms with van der Waals surface area (Å²) < 4.78 is 24.1. The molecular formula is C33H44N2O17. The SMILES string of the molecule is CC(=O)OC1=CC[C@H]2[C@H]3Cc4ccc(OCCN5CCOCC5)c5c4[C@@]2(CCN3C)[C@H]1O5.O=C(O)[C@H](O)[C@@H](O)C(=O)O.O=C(O)[C@H](O)[C@@H](O)C(=O)O. The number of carboxylic acids is 4. The smallest absolute Gasteiger partial charge is 0.335 e. The van der Waals surface area contributed by atoms with Gasteiger partial charge in [0.05, 0.1) is 13.2 Å². The molecule has 3 aliphatic heterocycles. The van der Waals surface area contributed by atoms with Crippen molar-refractivity contribution >= 4 is 29.8 Å². The largest absolute Gasteiger partial charge is 0.488 e. The minimum Gasteiger partial charge on any atom is -0.488 e. The molecule has 8 atom stereocenters. The molecule has 0 radical (unpaired) electrons. The highest BCUT2D eigenvalue weighted by atomic mass is 16.6. The Morgan fingerprint density at radius 3 is 1.96 bits per heavy atom. The summed E-state index contributed by atoms with van der Waals surface area (Å²) in [6.07, 6.45) is -4.27. The number of hydrogen-bond donors (Lipinski definition) is 8. The molecule has 2 bridgehead atoms. The predicted octanol–water partition coefficient (Wildman–Crippen LogP) is -2.12. The molecule has 1 spiro atoms. The molecule has 2 aliphatic carbocycles. The van der Waals surface area contributed by atoms with Crippen molar-refractivity contribution in [2.24, 2.45) is 5.92 Å². The number of benzene rings is 1. The molecular weight excluding hydrogens is 696 g/mol. The highest BCUT2D eigenvalue weighted by molar-refractivity contribution is 5.83. The molecule has 19 nitrogen and oxygen atoms in total. The maximum atomic E-state index is 11.9. The van der Waals surface area contributed by atoms with Gasteiger partial charge in [-0.05, 0) is 56.5 Å².